The number of esters is 1. The predicted octanol–water partition coefficient (Wildman–Crippen LogP) is 2.90. The van der Waals surface area contributed by atoms with Gasteiger partial charge in [-0.25, -0.2) is 0 Å². The van der Waals surface area contributed by atoms with Crippen LogP contribution in [0.4, 0.5) is 5.69 Å². The van der Waals surface area contributed by atoms with Crippen molar-refractivity contribution in [2.45, 2.75) is 25.8 Å². The normalized spacial score (nSPS) is 13.3. The molecule has 1 saturated carbocycles. The third-order valence-electron chi connectivity index (χ3n) is 4.53. The van der Waals surface area contributed by atoms with Gasteiger partial charge in [-0.2, -0.15) is 0 Å². The molecule has 2 N–H and O–H groups in total. The Labute approximate surface area is 157 Å². The molecule has 0 saturated heterocycles. The van der Waals surface area contributed by atoms with E-state index < -0.39 is 5.91 Å². The molecule has 0 spiro atoms. The zero-order valence-electron chi connectivity index (χ0n) is 14.9. The molecule has 0 radical (unpaired) electrons. The molecule has 0 bridgehead atoms. The molecule has 140 valence electrons. The first-order valence-corrected chi connectivity index (χ1v) is 9.01. The van der Waals surface area contributed by atoms with Gasteiger partial charge in [0.1, 0.15) is 0 Å². The Morgan fingerprint density at radius 1 is 0.963 bits per heavy atom. The third-order valence-corrected chi connectivity index (χ3v) is 4.53. The lowest BCUT2D eigenvalue weighted by atomic mass is 9.86. The molecule has 1 aliphatic rings. The Morgan fingerprint density at radius 2 is 1.67 bits per heavy atom. The summed E-state index contributed by atoms with van der Waals surface area (Å²) in [6.07, 6.45) is 2.67. The highest BCUT2D eigenvalue weighted by Crippen LogP contribution is 2.27. The second kappa shape index (κ2) is 8.98. The van der Waals surface area contributed by atoms with E-state index in [1.54, 1.807) is 24.3 Å². The number of hydrogen-bond acceptors (Lipinski definition) is 4. The number of nitrogens with one attached hydrogen (secondary N) is 2. The van der Waals surface area contributed by atoms with Gasteiger partial charge in [-0.3, -0.25) is 14.4 Å². The number of anilines is 1. The average molecular weight is 366 g/mol. The van der Waals surface area contributed by atoms with Crippen LogP contribution < -0.4 is 10.6 Å². The summed E-state index contributed by atoms with van der Waals surface area (Å²) in [5.74, 6) is -1.16. The lowest BCUT2D eigenvalue weighted by molar-refractivity contribution is -0.154. The van der Waals surface area contributed by atoms with Crippen molar-refractivity contribution in [3.63, 3.8) is 0 Å². The minimum Gasteiger partial charge on any atom is -0.455 e. The van der Waals surface area contributed by atoms with Crippen LogP contribution in [0.3, 0.4) is 0 Å². The van der Waals surface area contributed by atoms with Gasteiger partial charge in [0.15, 0.2) is 6.61 Å². The van der Waals surface area contributed by atoms with Crippen LogP contribution >= 0.6 is 0 Å². The van der Waals surface area contributed by atoms with E-state index in [2.05, 4.69) is 10.6 Å². The van der Waals surface area contributed by atoms with Gasteiger partial charge >= 0.3 is 5.97 Å². The molecular weight excluding hydrogens is 344 g/mol. The van der Waals surface area contributed by atoms with Gasteiger partial charge in [-0.05, 0) is 30.5 Å². The van der Waals surface area contributed by atoms with Crippen molar-refractivity contribution >= 4 is 23.5 Å². The van der Waals surface area contributed by atoms with Crippen LogP contribution in [0.1, 0.15) is 35.2 Å². The van der Waals surface area contributed by atoms with Crippen LogP contribution in [-0.2, 0) is 20.9 Å². The van der Waals surface area contributed by atoms with Gasteiger partial charge in [-0.1, -0.05) is 48.9 Å². The summed E-state index contributed by atoms with van der Waals surface area (Å²) in [5, 5.41) is 5.48. The molecule has 2 aromatic rings. The predicted molar refractivity (Wildman–Crippen MR) is 101 cm³/mol. The molecule has 0 heterocycles. The molecule has 2 aromatic carbocycles. The van der Waals surface area contributed by atoms with Gasteiger partial charge in [-0.15, -0.1) is 0 Å². The first-order chi connectivity index (χ1) is 13.1. The highest BCUT2D eigenvalue weighted by molar-refractivity contribution is 6.04. The number of para-hydroxylation sites is 1. The average Bonchev–Trinajstić information content (AvgIpc) is 2.64. The highest BCUT2D eigenvalue weighted by Gasteiger charge is 2.27. The van der Waals surface area contributed by atoms with E-state index in [4.69, 9.17) is 4.74 Å². The Kier molecular flexibility index (Phi) is 6.20. The summed E-state index contributed by atoms with van der Waals surface area (Å²) >= 11 is 0. The minimum absolute atomic E-state index is 0.0751. The van der Waals surface area contributed by atoms with E-state index in [1.165, 1.54) is 0 Å². The number of carbonyl (C=O) groups is 3. The summed E-state index contributed by atoms with van der Waals surface area (Å²) in [7, 11) is 0. The second-order valence-corrected chi connectivity index (χ2v) is 6.50. The zero-order chi connectivity index (χ0) is 19.1. The largest absolute Gasteiger partial charge is 0.455 e. The van der Waals surface area contributed by atoms with Crippen molar-refractivity contribution in [1.82, 2.24) is 5.32 Å². The fourth-order valence-corrected chi connectivity index (χ4v) is 2.75. The molecule has 6 heteroatoms. The molecule has 0 unspecified atom stereocenters. The van der Waals surface area contributed by atoms with Crippen molar-refractivity contribution in [3.05, 3.63) is 65.7 Å². The van der Waals surface area contributed by atoms with Gasteiger partial charge in [0.25, 0.3) is 11.8 Å². The van der Waals surface area contributed by atoms with Crippen molar-refractivity contribution in [3.8, 4) is 0 Å². The zero-order valence-corrected chi connectivity index (χ0v) is 14.9. The Morgan fingerprint density at radius 3 is 2.37 bits per heavy atom. The number of rotatable bonds is 7. The summed E-state index contributed by atoms with van der Waals surface area (Å²) in [6, 6.07) is 16.3. The van der Waals surface area contributed by atoms with Crippen LogP contribution in [0.25, 0.3) is 0 Å². The summed E-state index contributed by atoms with van der Waals surface area (Å²) < 4.78 is 5.03. The smallest absolute Gasteiger partial charge is 0.309 e. The van der Waals surface area contributed by atoms with Crippen LogP contribution in [0, 0.1) is 5.92 Å². The molecule has 0 aliphatic heterocycles. The molecule has 6 nitrogen and oxygen atoms in total. The lowest BCUT2D eigenvalue weighted by Gasteiger charge is -2.22. The molecule has 1 fully saturated rings. The van der Waals surface area contributed by atoms with Crippen molar-refractivity contribution in [2.24, 2.45) is 5.92 Å². The maximum atomic E-state index is 12.5. The summed E-state index contributed by atoms with van der Waals surface area (Å²) in [4.78, 5) is 36.3. The summed E-state index contributed by atoms with van der Waals surface area (Å²) in [5.41, 5.74) is 1.72. The summed E-state index contributed by atoms with van der Waals surface area (Å²) in [6.45, 7) is 0.0380. The first-order valence-electron chi connectivity index (χ1n) is 9.01. The third kappa shape index (κ3) is 5.17. The second-order valence-electron chi connectivity index (χ2n) is 6.50. The fraction of sp³-hybridized carbons (Fsp3) is 0.286. The number of ether oxygens (including phenoxy) is 1. The van der Waals surface area contributed by atoms with Crippen LogP contribution in [0.15, 0.2) is 54.6 Å². The maximum absolute atomic E-state index is 12.5. The van der Waals surface area contributed by atoms with Crippen molar-refractivity contribution in [1.29, 1.82) is 0 Å². The first kappa shape index (κ1) is 18.6. The molecule has 0 aromatic heterocycles. The van der Waals surface area contributed by atoms with Crippen LogP contribution in [0.5, 0.6) is 0 Å². The lowest BCUT2D eigenvalue weighted by Crippen LogP contribution is -2.29. The molecule has 1 aliphatic carbocycles. The highest BCUT2D eigenvalue weighted by atomic mass is 16.5. The minimum atomic E-state index is -0.467. The van der Waals surface area contributed by atoms with Gasteiger partial charge in [0, 0.05) is 6.54 Å². The standard InChI is InChI=1S/C21H22N2O4/c24-19(14-27-21(26)16-9-6-10-16)23-18-12-5-4-11-17(18)20(25)22-13-15-7-2-1-3-8-15/h1-5,7-8,11-12,16H,6,9-10,13-14H2,(H,22,25)(H,23,24). The Hall–Kier alpha value is -3.15. The number of carbonyl (C=O) groups excluding carboxylic acids is 3. The Balaban J connectivity index is 1.55. The quantitative estimate of drug-likeness (QED) is 0.738. The van der Waals surface area contributed by atoms with Crippen molar-refractivity contribution in [2.75, 3.05) is 11.9 Å². The Bertz CT molecular complexity index is 816. The SMILES string of the molecule is O=C(COC(=O)C1CCC1)Nc1ccccc1C(=O)NCc1ccccc1. The van der Waals surface area contributed by atoms with Gasteiger partial charge in [0.2, 0.25) is 0 Å². The monoisotopic (exact) mass is 366 g/mol. The van der Waals surface area contributed by atoms with Gasteiger partial charge < -0.3 is 15.4 Å². The van der Waals surface area contributed by atoms with Crippen molar-refractivity contribution < 1.29 is 19.1 Å². The number of hydrogen-bond donors (Lipinski definition) is 2. The molecule has 2 amide bonds. The van der Waals surface area contributed by atoms with E-state index in [9.17, 15) is 14.4 Å². The van der Waals surface area contributed by atoms with E-state index in [1.807, 2.05) is 30.3 Å². The number of amides is 2. The van der Waals surface area contributed by atoms with E-state index in [0.717, 1.165) is 24.8 Å². The molecular formula is C21H22N2O4. The topological polar surface area (TPSA) is 84.5 Å². The number of benzene rings is 2. The fourth-order valence-electron chi connectivity index (χ4n) is 2.75. The van der Waals surface area contributed by atoms with E-state index in [0.29, 0.717) is 17.8 Å². The molecule has 3 rings (SSSR count). The molecule has 0 atom stereocenters. The van der Waals surface area contributed by atoms with E-state index in [-0.39, 0.29) is 24.4 Å². The van der Waals surface area contributed by atoms with Crippen LogP contribution in [0.2, 0.25) is 0 Å². The maximum Gasteiger partial charge on any atom is 0.309 e. The van der Waals surface area contributed by atoms with E-state index >= 15 is 0 Å². The van der Waals surface area contributed by atoms with Crippen LogP contribution in [-0.4, -0.2) is 24.4 Å². The molecule has 27 heavy (non-hydrogen) atoms. The van der Waals surface area contributed by atoms with Gasteiger partial charge in [0.05, 0.1) is 17.2 Å².